The van der Waals surface area contributed by atoms with Crippen LogP contribution in [0, 0.1) is 10.1 Å². The molecule has 0 fully saturated rings. The molecule has 0 bridgehead atoms. The number of rotatable bonds is 5. The summed E-state index contributed by atoms with van der Waals surface area (Å²) in [6, 6.07) is 8.82. The predicted molar refractivity (Wildman–Crippen MR) is 82.7 cm³/mol. The minimum Gasteiger partial charge on any atom is -0.258 e. The Morgan fingerprint density at radius 1 is 0.826 bits per heavy atom. The third-order valence-corrected chi connectivity index (χ3v) is 6.28. The molecule has 0 spiro atoms. The summed E-state index contributed by atoms with van der Waals surface area (Å²) in [6.07, 6.45) is 0. The second-order valence-electron chi connectivity index (χ2n) is 4.18. The molecule has 2 rings (SSSR count). The van der Waals surface area contributed by atoms with E-state index in [1.54, 1.807) is 0 Å². The van der Waals surface area contributed by atoms with Crippen LogP contribution in [-0.2, 0) is 23.9 Å². The Morgan fingerprint density at radius 2 is 1.22 bits per heavy atom. The minimum atomic E-state index is -4.64. The molecule has 0 saturated carbocycles. The summed E-state index contributed by atoms with van der Waals surface area (Å²) in [5, 5.41) is 10.5. The first-order valence-corrected chi connectivity index (χ1v) is 9.44. The van der Waals surface area contributed by atoms with E-state index in [0.29, 0.717) is 4.47 Å². The van der Waals surface area contributed by atoms with Crippen molar-refractivity contribution in [3.63, 3.8) is 0 Å². The van der Waals surface area contributed by atoms with Crippen LogP contribution in [0.4, 0.5) is 5.69 Å². The lowest BCUT2D eigenvalue weighted by molar-refractivity contribution is -0.384. The molecule has 2 aromatic carbocycles. The molecule has 0 atom stereocenters. The summed E-state index contributed by atoms with van der Waals surface area (Å²) in [4.78, 5) is 8.96. The van der Waals surface area contributed by atoms with E-state index in [1.807, 2.05) is 0 Å². The Hall–Kier alpha value is -1.82. The van der Waals surface area contributed by atoms with Crippen molar-refractivity contribution < 1.29 is 25.4 Å². The van der Waals surface area contributed by atoms with Gasteiger partial charge in [-0.25, -0.2) is 0 Å². The largest absolute Gasteiger partial charge is 0.311 e. The molecule has 0 saturated heterocycles. The molecule has 0 aliphatic heterocycles. The SMILES string of the molecule is O=[N+]([O-])c1ccc(S(=O)(=O)OS(=O)(=O)c2ccc(Br)cc2)cc1. The average molecular weight is 422 g/mol. The van der Waals surface area contributed by atoms with Gasteiger partial charge in [-0.15, -0.1) is 3.63 Å². The van der Waals surface area contributed by atoms with Crippen molar-refractivity contribution in [1.29, 1.82) is 0 Å². The van der Waals surface area contributed by atoms with Gasteiger partial charge in [0.1, 0.15) is 0 Å². The summed E-state index contributed by atoms with van der Waals surface area (Å²) in [6.45, 7) is 0. The highest BCUT2D eigenvalue weighted by Crippen LogP contribution is 2.23. The Kier molecular flexibility index (Phi) is 4.84. The Labute approximate surface area is 140 Å². The maximum atomic E-state index is 12.0. The number of non-ortho nitro benzene ring substituents is 1. The number of hydrogen-bond donors (Lipinski definition) is 0. The Bertz CT molecular complexity index is 936. The van der Waals surface area contributed by atoms with Crippen molar-refractivity contribution in [2.75, 3.05) is 0 Å². The number of halogens is 1. The van der Waals surface area contributed by atoms with Crippen LogP contribution in [0.15, 0.2) is 62.8 Å². The van der Waals surface area contributed by atoms with Crippen LogP contribution in [-0.4, -0.2) is 21.8 Å². The van der Waals surface area contributed by atoms with Crippen LogP contribution in [0.25, 0.3) is 0 Å². The van der Waals surface area contributed by atoms with Gasteiger partial charge < -0.3 is 0 Å². The fraction of sp³-hybridized carbons (Fsp3) is 0. The van der Waals surface area contributed by atoms with E-state index >= 15 is 0 Å². The molecule has 0 aliphatic carbocycles. The second-order valence-corrected chi connectivity index (χ2v) is 8.40. The lowest BCUT2D eigenvalue weighted by atomic mass is 10.3. The molecule has 23 heavy (non-hydrogen) atoms. The van der Waals surface area contributed by atoms with Gasteiger partial charge in [0.15, 0.2) is 0 Å². The molecule has 2 aromatic rings. The number of nitro benzene ring substituents is 1. The van der Waals surface area contributed by atoms with Crippen molar-refractivity contribution >= 4 is 41.9 Å². The number of hydrogen-bond acceptors (Lipinski definition) is 7. The van der Waals surface area contributed by atoms with Crippen molar-refractivity contribution in [2.45, 2.75) is 9.79 Å². The zero-order valence-electron chi connectivity index (χ0n) is 11.1. The third kappa shape index (κ3) is 4.13. The first-order valence-electron chi connectivity index (χ1n) is 5.83. The molecule has 8 nitrogen and oxygen atoms in total. The van der Waals surface area contributed by atoms with Gasteiger partial charge in [-0.1, -0.05) is 15.9 Å². The first-order chi connectivity index (χ1) is 10.6. The molecular formula is C12H8BrNO7S2. The highest BCUT2D eigenvalue weighted by molar-refractivity contribution is 9.10. The van der Waals surface area contributed by atoms with Gasteiger partial charge in [-0.05, 0) is 36.4 Å². The van der Waals surface area contributed by atoms with Crippen molar-refractivity contribution in [3.05, 3.63) is 63.1 Å². The van der Waals surface area contributed by atoms with Gasteiger partial charge in [-0.3, -0.25) is 10.1 Å². The average Bonchev–Trinajstić information content (AvgIpc) is 2.46. The summed E-state index contributed by atoms with van der Waals surface area (Å²) in [5.74, 6) is 0. The maximum absolute atomic E-state index is 12.0. The molecule has 0 radical (unpaired) electrons. The zero-order chi connectivity index (χ0) is 17.3. The molecule has 11 heteroatoms. The molecule has 0 amide bonds. The van der Waals surface area contributed by atoms with E-state index in [1.165, 1.54) is 24.3 Å². The summed E-state index contributed by atoms with van der Waals surface area (Å²) in [5.41, 5.74) is -0.334. The van der Waals surface area contributed by atoms with Gasteiger partial charge in [0.2, 0.25) is 0 Å². The van der Waals surface area contributed by atoms with Crippen LogP contribution in [0.3, 0.4) is 0 Å². The van der Waals surface area contributed by atoms with E-state index in [-0.39, 0.29) is 10.6 Å². The van der Waals surface area contributed by atoms with Crippen molar-refractivity contribution in [1.82, 2.24) is 0 Å². The van der Waals surface area contributed by atoms with E-state index < -0.39 is 30.1 Å². The molecular weight excluding hydrogens is 414 g/mol. The second kappa shape index (κ2) is 6.35. The van der Waals surface area contributed by atoms with Crippen molar-refractivity contribution in [2.24, 2.45) is 0 Å². The third-order valence-electron chi connectivity index (χ3n) is 2.62. The Morgan fingerprint density at radius 3 is 1.61 bits per heavy atom. The smallest absolute Gasteiger partial charge is 0.258 e. The summed E-state index contributed by atoms with van der Waals surface area (Å²) < 4.78 is 52.8. The van der Waals surface area contributed by atoms with Crippen molar-refractivity contribution in [3.8, 4) is 0 Å². The lowest BCUT2D eigenvalue weighted by Gasteiger charge is -2.06. The maximum Gasteiger partial charge on any atom is 0.311 e. The van der Waals surface area contributed by atoms with Crippen LogP contribution < -0.4 is 0 Å². The molecule has 0 aliphatic rings. The molecule has 0 N–H and O–H groups in total. The molecule has 122 valence electrons. The fourth-order valence-electron chi connectivity index (χ4n) is 1.53. The van der Waals surface area contributed by atoms with E-state index in [4.69, 9.17) is 0 Å². The Balaban J connectivity index is 2.33. The van der Waals surface area contributed by atoms with E-state index in [2.05, 4.69) is 19.6 Å². The van der Waals surface area contributed by atoms with Crippen LogP contribution in [0.5, 0.6) is 0 Å². The molecule has 0 heterocycles. The fourth-order valence-corrected chi connectivity index (χ4v) is 4.31. The predicted octanol–water partition coefficient (Wildman–Crippen LogP) is 2.45. The standard InChI is InChI=1S/C12H8BrNO7S2/c13-9-1-5-11(6-2-9)22(17,18)21-23(19,20)12-7-3-10(4-8-12)14(15)16/h1-8H. The van der Waals surface area contributed by atoms with Crippen LogP contribution in [0.2, 0.25) is 0 Å². The minimum absolute atomic E-state index is 0.334. The highest BCUT2D eigenvalue weighted by atomic mass is 79.9. The monoisotopic (exact) mass is 421 g/mol. The van der Waals surface area contributed by atoms with Gasteiger partial charge in [0.25, 0.3) is 5.69 Å². The quantitative estimate of drug-likeness (QED) is 0.536. The van der Waals surface area contributed by atoms with Gasteiger partial charge in [0, 0.05) is 16.6 Å². The zero-order valence-corrected chi connectivity index (χ0v) is 14.3. The number of nitrogens with zero attached hydrogens (tertiary/aromatic N) is 1. The normalized spacial score (nSPS) is 12.0. The van der Waals surface area contributed by atoms with Crippen LogP contribution >= 0.6 is 15.9 Å². The number of nitro groups is 1. The summed E-state index contributed by atoms with van der Waals surface area (Å²) >= 11 is 3.12. The van der Waals surface area contributed by atoms with Gasteiger partial charge in [-0.2, -0.15) is 16.8 Å². The molecule has 0 unspecified atom stereocenters. The molecule has 0 aromatic heterocycles. The van der Waals surface area contributed by atoms with Crippen LogP contribution in [0.1, 0.15) is 0 Å². The highest BCUT2D eigenvalue weighted by Gasteiger charge is 2.27. The van der Waals surface area contributed by atoms with E-state index in [9.17, 15) is 26.9 Å². The topological polar surface area (TPSA) is 121 Å². The first kappa shape index (κ1) is 17.5. The number of benzene rings is 2. The lowest BCUT2D eigenvalue weighted by Crippen LogP contribution is -2.14. The van der Waals surface area contributed by atoms with Gasteiger partial charge >= 0.3 is 20.2 Å². The van der Waals surface area contributed by atoms with E-state index in [0.717, 1.165) is 24.3 Å². The van der Waals surface area contributed by atoms with Gasteiger partial charge in [0.05, 0.1) is 14.7 Å². The summed E-state index contributed by atoms with van der Waals surface area (Å²) in [7, 11) is -9.19.